The maximum Gasteiger partial charge on any atom is 0.0568 e. The van der Waals surface area contributed by atoms with Crippen molar-refractivity contribution < 1.29 is 0 Å². The van der Waals surface area contributed by atoms with Crippen LogP contribution in [0.25, 0.3) is 0 Å². The molecule has 0 saturated heterocycles. The molecule has 0 amide bonds. The fourth-order valence-corrected chi connectivity index (χ4v) is 2.49. The molecule has 1 N–H and O–H groups in total. The maximum atomic E-state index is 6.03. The standard InChI is InChI=1S/C13H9Br2Cl2N/c14-11-3-1-9(16)5-8(11)7-18-10-2-4-12(15)13(17)6-10/h1-6,18H,7H2. The SMILES string of the molecule is Clc1ccc(Br)c(CNc2ccc(Br)c(Cl)c2)c1. The van der Waals surface area contributed by atoms with Crippen LogP contribution in [0.3, 0.4) is 0 Å². The summed E-state index contributed by atoms with van der Waals surface area (Å²) in [4.78, 5) is 0. The third kappa shape index (κ3) is 3.64. The highest BCUT2D eigenvalue weighted by molar-refractivity contribution is 9.10. The Bertz CT molecular complexity index is 573. The average molecular weight is 410 g/mol. The van der Waals surface area contributed by atoms with Crippen LogP contribution in [-0.2, 0) is 6.54 Å². The Kier molecular flexibility index (Phi) is 4.96. The van der Waals surface area contributed by atoms with Crippen molar-refractivity contribution in [3.63, 3.8) is 0 Å². The van der Waals surface area contributed by atoms with Crippen LogP contribution in [0.1, 0.15) is 5.56 Å². The number of hydrogen-bond donors (Lipinski definition) is 1. The Morgan fingerprint density at radius 2 is 1.67 bits per heavy atom. The molecule has 0 aliphatic carbocycles. The number of nitrogens with one attached hydrogen (secondary N) is 1. The first kappa shape index (κ1) is 14.2. The second-order valence-electron chi connectivity index (χ2n) is 3.72. The molecule has 0 saturated carbocycles. The third-order valence-corrected chi connectivity index (χ3v) is 4.65. The van der Waals surface area contributed by atoms with E-state index < -0.39 is 0 Å². The van der Waals surface area contributed by atoms with Gasteiger partial charge in [-0.1, -0.05) is 39.1 Å². The molecule has 0 spiro atoms. The van der Waals surface area contributed by atoms with Crippen molar-refractivity contribution in [3.8, 4) is 0 Å². The van der Waals surface area contributed by atoms with E-state index in [0.717, 1.165) is 25.2 Å². The molecule has 0 heterocycles. The van der Waals surface area contributed by atoms with Crippen LogP contribution in [0, 0.1) is 0 Å². The lowest BCUT2D eigenvalue weighted by molar-refractivity contribution is 1.14. The summed E-state index contributed by atoms with van der Waals surface area (Å²) in [5.41, 5.74) is 2.07. The van der Waals surface area contributed by atoms with Crippen molar-refractivity contribution >= 4 is 60.7 Å². The highest BCUT2D eigenvalue weighted by Crippen LogP contribution is 2.27. The molecule has 0 radical (unpaired) electrons. The van der Waals surface area contributed by atoms with E-state index in [1.54, 1.807) is 0 Å². The van der Waals surface area contributed by atoms with Gasteiger partial charge in [0.15, 0.2) is 0 Å². The van der Waals surface area contributed by atoms with E-state index in [2.05, 4.69) is 37.2 Å². The van der Waals surface area contributed by atoms with Gasteiger partial charge in [0.25, 0.3) is 0 Å². The van der Waals surface area contributed by atoms with Crippen molar-refractivity contribution in [1.29, 1.82) is 0 Å². The molecule has 0 fully saturated rings. The monoisotopic (exact) mass is 407 g/mol. The summed E-state index contributed by atoms with van der Waals surface area (Å²) in [5, 5.41) is 4.71. The number of benzene rings is 2. The molecule has 2 rings (SSSR count). The smallest absolute Gasteiger partial charge is 0.0568 e. The van der Waals surface area contributed by atoms with E-state index in [4.69, 9.17) is 23.2 Å². The van der Waals surface area contributed by atoms with Gasteiger partial charge < -0.3 is 5.32 Å². The van der Waals surface area contributed by atoms with E-state index in [1.807, 2.05) is 36.4 Å². The summed E-state index contributed by atoms with van der Waals surface area (Å²) in [6.07, 6.45) is 0. The Morgan fingerprint density at radius 1 is 0.944 bits per heavy atom. The lowest BCUT2D eigenvalue weighted by Gasteiger charge is -2.09. The molecule has 0 aliphatic rings. The summed E-state index contributed by atoms with van der Waals surface area (Å²) >= 11 is 18.9. The zero-order chi connectivity index (χ0) is 13.1. The Morgan fingerprint density at radius 3 is 2.39 bits per heavy atom. The van der Waals surface area contributed by atoms with Gasteiger partial charge in [-0.3, -0.25) is 0 Å². The number of rotatable bonds is 3. The number of anilines is 1. The van der Waals surface area contributed by atoms with Gasteiger partial charge in [-0.2, -0.15) is 0 Å². The van der Waals surface area contributed by atoms with Gasteiger partial charge in [-0.15, -0.1) is 0 Å². The van der Waals surface area contributed by atoms with Gasteiger partial charge in [-0.25, -0.2) is 0 Å². The first-order valence-corrected chi connectivity index (χ1v) is 7.53. The van der Waals surface area contributed by atoms with Crippen LogP contribution < -0.4 is 5.32 Å². The van der Waals surface area contributed by atoms with E-state index in [9.17, 15) is 0 Å². The van der Waals surface area contributed by atoms with Gasteiger partial charge in [-0.05, 0) is 57.9 Å². The van der Waals surface area contributed by atoms with Crippen molar-refractivity contribution in [2.75, 3.05) is 5.32 Å². The number of hydrogen-bond acceptors (Lipinski definition) is 1. The van der Waals surface area contributed by atoms with Crippen molar-refractivity contribution in [2.45, 2.75) is 6.54 Å². The molecule has 5 heteroatoms. The molecule has 94 valence electrons. The van der Waals surface area contributed by atoms with Gasteiger partial charge in [0.05, 0.1) is 5.02 Å². The van der Waals surface area contributed by atoms with E-state index in [1.165, 1.54) is 0 Å². The zero-order valence-electron chi connectivity index (χ0n) is 9.18. The third-order valence-electron chi connectivity index (χ3n) is 2.41. The lowest BCUT2D eigenvalue weighted by Crippen LogP contribution is -2.00. The molecule has 0 atom stereocenters. The predicted molar refractivity (Wildman–Crippen MR) is 85.6 cm³/mol. The second kappa shape index (κ2) is 6.29. The van der Waals surface area contributed by atoms with Crippen LogP contribution in [0.4, 0.5) is 5.69 Å². The van der Waals surface area contributed by atoms with Gasteiger partial charge >= 0.3 is 0 Å². The van der Waals surface area contributed by atoms with Crippen LogP contribution in [0.5, 0.6) is 0 Å². The van der Waals surface area contributed by atoms with Gasteiger partial charge in [0.2, 0.25) is 0 Å². The fraction of sp³-hybridized carbons (Fsp3) is 0.0769. The molecular weight excluding hydrogens is 401 g/mol. The molecule has 0 aliphatic heterocycles. The van der Waals surface area contributed by atoms with E-state index >= 15 is 0 Å². The average Bonchev–Trinajstić information content (AvgIpc) is 2.34. The van der Waals surface area contributed by atoms with E-state index in [-0.39, 0.29) is 0 Å². The minimum absolute atomic E-state index is 0.680. The summed E-state index contributed by atoms with van der Waals surface area (Å²) in [6, 6.07) is 11.5. The fourth-order valence-electron chi connectivity index (χ4n) is 1.48. The van der Waals surface area contributed by atoms with Gasteiger partial charge in [0, 0.05) is 26.2 Å². The predicted octanol–water partition coefficient (Wildman–Crippen LogP) is 6.13. The van der Waals surface area contributed by atoms with Crippen LogP contribution >= 0.6 is 55.1 Å². The normalized spacial score (nSPS) is 10.4. The minimum Gasteiger partial charge on any atom is -0.381 e. The molecule has 0 unspecified atom stereocenters. The lowest BCUT2D eigenvalue weighted by atomic mass is 10.2. The molecule has 18 heavy (non-hydrogen) atoms. The van der Waals surface area contributed by atoms with E-state index in [0.29, 0.717) is 11.6 Å². The quantitative estimate of drug-likeness (QED) is 0.642. The Labute approximate surface area is 133 Å². The van der Waals surface area contributed by atoms with Crippen molar-refractivity contribution in [3.05, 3.63) is 61.0 Å². The maximum absolute atomic E-state index is 6.03. The molecule has 0 bridgehead atoms. The van der Waals surface area contributed by atoms with Crippen LogP contribution in [0.15, 0.2) is 45.3 Å². The number of halogens is 4. The highest BCUT2D eigenvalue weighted by atomic mass is 79.9. The first-order chi connectivity index (χ1) is 8.56. The summed E-state index contributed by atoms with van der Waals surface area (Å²) < 4.78 is 1.92. The summed E-state index contributed by atoms with van der Waals surface area (Å²) in [6.45, 7) is 0.680. The van der Waals surface area contributed by atoms with Gasteiger partial charge in [0.1, 0.15) is 0 Å². The van der Waals surface area contributed by atoms with Crippen molar-refractivity contribution in [1.82, 2.24) is 0 Å². The molecule has 0 aromatic heterocycles. The van der Waals surface area contributed by atoms with Crippen LogP contribution in [-0.4, -0.2) is 0 Å². The second-order valence-corrected chi connectivity index (χ2v) is 6.27. The molecule has 2 aromatic carbocycles. The molecule has 1 nitrogen and oxygen atoms in total. The van der Waals surface area contributed by atoms with Crippen LogP contribution in [0.2, 0.25) is 10.0 Å². The minimum atomic E-state index is 0.680. The van der Waals surface area contributed by atoms with Crippen molar-refractivity contribution in [2.24, 2.45) is 0 Å². The Balaban J connectivity index is 2.11. The molecular formula is C13H9Br2Cl2N. The highest BCUT2D eigenvalue weighted by Gasteiger charge is 2.02. The zero-order valence-corrected chi connectivity index (χ0v) is 13.9. The topological polar surface area (TPSA) is 12.0 Å². The summed E-state index contributed by atoms with van der Waals surface area (Å²) in [7, 11) is 0. The molecule has 2 aromatic rings. The Hall–Kier alpha value is -0.220. The first-order valence-electron chi connectivity index (χ1n) is 5.19. The largest absolute Gasteiger partial charge is 0.381 e. The summed E-state index contributed by atoms with van der Waals surface area (Å²) in [5.74, 6) is 0.